The second-order valence-corrected chi connectivity index (χ2v) is 7.55. The van der Waals surface area contributed by atoms with Crippen LogP contribution in [0.5, 0.6) is 0 Å². The van der Waals surface area contributed by atoms with Crippen molar-refractivity contribution in [2.45, 2.75) is 44.3 Å². The van der Waals surface area contributed by atoms with E-state index in [-0.39, 0.29) is 22.9 Å². The molecule has 0 aliphatic heterocycles. The molecule has 4 rings (SSSR count). The van der Waals surface area contributed by atoms with Crippen LogP contribution in [0.25, 0.3) is 16.2 Å². The maximum absolute atomic E-state index is 13.5. The highest BCUT2D eigenvalue weighted by atomic mass is 32.1. The summed E-state index contributed by atoms with van der Waals surface area (Å²) in [6.45, 7) is 0. The van der Waals surface area contributed by atoms with Gasteiger partial charge in [0.2, 0.25) is 0 Å². The van der Waals surface area contributed by atoms with Gasteiger partial charge in [-0.3, -0.25) is 4.79 Å². The third kappa shape index (κ3) is 3.55. The lowest BCUT2D eigenvalue weighted by atomic mass is 9.95. The van der Waals surface area contributed by atoms with Crippen molar-refractivity contribution in [2.24, 2.45) is 0 Å². The van der Waals surface area contributed by atoms with Crippen LogP contribution < -0.4 is 5.32 Å². The van der Waals surface area contributed by atoms with Crippen molar-refractivity contribution in [3.05, 3.63) is 41.0 Å². The average molecular weight is 394 g/mol. The van der Waals surface area contributed by atoms with E-state index >= 15 is 0 Å². The van der Waals surface area contributed by atoms with Crippen molar-refractivity contribution in [2.75, 3.05) is 0 Å². The number of carbonyl (C=O) groups is 1. The molecule has 0 spiro atoms. The number of hydrogen-bond acceptors (Lipinski definition) is 4. The summed E-state index contributed by atoms with van der Waals surface area (Å²) in [6, 6.07) is 4.45. The predicted octanol–water partition coefficient (Wildman–Crippen LogP) is 4.54. The van der Waals surface area contributed by atoms with Gasteiger partial charge in [-0.05, 0) is 30.4 Å². The van der Waals surface area contributed by atoms with Gasteiger partial charge in [0.1, 0.15) is 5.56 Å². The molecule has 3 aromatic heterocycles. The topological polar surface area (TPSA) is 59.3 Å². The number of fused-ring (bicyclic) bond motifs is 1. The van der Waals surface area contributed by atoms with Crippen LogP contribution in [0.2, 0.25) is 0 Å². The van der Waals surface area contributed by atoms with Crippen molar-refractivity contribution in [1.82, 2.24) is 19.9 Å². The van der Waals surface area contributed by atoms with Gasteiger partial charge in [0.15, 0.2) is 11.3 Å². The highest BCUT2D eigenvalue weighted by Gasteiger charge is 2.36. The number of halogens is 3. The van der Waals surface area contributed by atoms with E-state index in [1.54, 1.807) is 17.5 Å². The van der Waals surface area contributed by atoms with E-state index in [0.717, 1.165) is 44.4 Å². The molecule has 0 unspecified atom stereocenters. The summed E-state index contributed by atoms with van der Waals surface area (Å²) in [6.07, 6.45) is 1.53. The quantitative estimate of drug-likeness (QED) is 0.710. The SMILES string of the molecule is O=C(NC1CCCCC1)c1cnn2c(C(F)(F)F)cc(-c3cccs3)nc12. The molecule has 0 radical (unpaired) electrons. The van der Waals surface area contributed by atoms with Crippen LogP contribution >= 0.6 is 11.3 Å². The van der Waals surface area contributed by atoms with Gasteiger partial charge in [0.25, 0.3) is 5.91 Å². The first kappa shape index (κ1) is 18.0. The number of nitrogens with one attached hydrogen (secondary N) is 1. The lowest BCUT2D eigenvalue weighted by Gasteiger charge is -2.22. The Morgan fingerprint density at radius 3 is 2.70 bits per heavy atom. The number of aromatic nitrogens is 3. The summed E-state index contributed by atoms with van der Waals surface area (Å²) >= 11 is 1.29. The molecule has 0 bridgehead atoms. The van der Waals surface area contributed by atoms with E-state index in [0.29, 0.717) is 9.39 Å². The number of nitrogens with zero attached hydrogens (tertiary/aromatic N) is 3. The molecule has 0 saturated heterocycles. The Hall–Kier alpha value is -2.42. The highest BCUT2D eigenvalue weighted by Crippen LogP contribution is 2.33. The van der Waals surface area contributed by atoms with Gasteiger partial charge >= 0.3 is 6.18 Å². The molecule has 1 aliphatic carbocycles. The van der Waals surface area contributed by atoms with Crippen molar-refractivity contribution >= 4 is 22.9 Å². The van der Waals surface area contributed by atoms with E-state index < -0.39 is 17.8 Å². The first-order chi connectivity index (χ1) is 12.9. The Kier molecular flexibility index (Phi) is 4.63. The number of thiophene rings is 1. The lowest BCUT2D eigenvalue weighted by Crippen LogP contribution is -2.36. The summed E-state index contributed by atoms with van der Waals surface area (Å²) in [7, 11) is 0. The van der Waals surface area contributed by atoms with Crippen molar-refractivity contribution in [3.63, 3.8) is 0 Å². The maximum Gasteiger partial charge on any atom is 0.433 e. The van der Waals surface area contributed by atoms with Crippen molar-refractivity contribution in [1.29, 1.82) is 0 Å². The van der Waals surface area contributed by atoms with E-state index in [9.17, 15) is 18.0 Å². The molecule has 0 atom stereocenters. The molecule has 1 aliphatic rings. The second kappa shape index (κ2) is 6.95. The molecular weight excluding hydrogens is 377 g/mol. The summed E-state index contributed by atoms with van der Waals surface area (Å²) in [5, 5.41) is 8.48. The molecule has 142 valence electrons. The number of alkyl halides is 3. The van der Waals surface area contributed by atoms with Gasteiger partial charge in [0, 0.05) is 6.04 Å². The predicted molar refractivity (Wildman–Crippen MR) is 95.6 cm³/mol. The second-order valence-electron chi connectivity index (χ2n) is 6.60. The Bertz CT molecular complexity index is 959. The molecule has 27 heavy (non-hydrogen) atoms. The largest absolute Gasteiger partial charge is 0.433 e. The van der Waals surface area contributed by atoms with E-state index in [2.05, 4.69) is 15.4 Å². The zero-order chi connectivity index (χ0) is 19.0. The van der Waals surface area contributed by atoms with Crippen LogP contribution in [0.1, 0.15) is 48.2 Å². The molecule has 0 aromatic carbocycles. The van der Waals surface area contributed by atoms with Gasteiger partial charge in [0.05, 0.1) is 16.8 Å². The Morgan fingerprint density at radius 1 is 1.26 bits per heavy atom. The smallest absolute Gasteiger partial charge is 0.349 e. The van der Waals surface area contributed by atoms with Crippen LogP contribution in [0.4, 0.5) is 13.2 Å². The fraction of sp³-hybridized carbons (Fsp3) is 0.389. The Labute approximate surface area is 157 Å². The van der Waals surface area contributed by atoms with Crippen LogP contribution in [0, 0.1) is 0 Å². The number of rotatable bonds is 3. The number of amides is 1. The first-order valence-electron chi connectivity index (χ1n) is 8.74. The molecule has 1 N–H and O–H groups in total. The van der Waals surface area contributed by atoms with Crippen LogP contribution in [-0.4, -0.2) is 26.5 Å². The summed E-state index contributed by atoms with van der Waals surface area (Å²) < 4.78 is 41.3. The Morgan fingerprint density at radius 2 is 2.04 bits per heavy atom. The number of hydrogen-bond donors (Lipinski definition) is 1. The average Bonchev–Trinajstić information content (AvgIpc) is 3.30. The van der Waals surface area contributed by atoms with E-state index in [1.807, 2.05) is 0 Å². The first-order valence-corrected chi connectivity index (χ1v) is 9.62. The zero-order valence-electron chi connectivity index (χ0n) is 14.3. The molecule has 3 aromatic rings. The summed E-state index contributed by atoms with van der Waals surface area (Å²) in [5.41, 5.74) is -0.796. The molecule has 9 heteroatoms. The minimum atomic E-state index is -4.61. The maximum atomic E-state index is 13.5. The van der Waals surface area contributed by atoms with Gasteiger partial charge in [-0.25, -0.2) is 9.50 Å². The highest BCUT2D eigenvalue weighted by molar-refractivity contribution is 7.13. The van der Waals surface area contributed by atoms with Gasteiger partial charge in [-0.1, -0.05) is 25.3 Å². The normalized spacial score (nSPS) is 16.0. The van der Waals surface area contributed by atoms with Gasteiger partial charge < -0.3 is 5.32 Å². The van der Waals surface area contributed by atoms with Crippen LogP contribution in [-0.2, 0) is 6.18 Å². The van der Waals surface area contributed by atoms with Gasteiger partial charge in [-0.2, -0.15) is 18.3 Å². The third-order valence-corrected chi connectivity index (χ3v) is 5.61. The van der Waals surface area contributed by atoms with Crippen molar-refractivity contribution < 1.29 is 18.0 Å². The molecular formula is C18H17F3N4OS. The van der Waals surface area contributed by atoms with Crippen LogP contribution in [0.3, 0.4) is 0 Å². The number of carbonyl (C=O) groups excluding carboxylic acids is 1. The lowest BCUT2D eigenvalue weighted by molar-refractivity contribution is -0.142. The molecule has 5 nitrogen and oxygen atoms in total. The van der Waals surface area contributed by atoms with Crippen molar-refractivity contribution in [3.8, 4) is 10.6 Å². The molecule has 1 fully saturated rings. The molecule has 3 heterocycles. The van der Waals surface area contributed by atoms with Crippen LogP contribution in [0.15, 0.2) is 29.8 Å². The summed E-state index contributed by atoms with van der Waals surface area (Å²) in [5.74, 6) is -0.430. The third-order valence-electron chi connectivity index (χ3n) is 4.72. The minimum Gasteiger partial charge on any atom is -0.349 e. The summed E-state index contributed by atoms with van der Waals surface area (Å²) in [4.78, 5) is 17.6. The fourth-order valence-electron chi connectivity index (χ4n) is 3.39. The fourth-order valence-corrected chi connectivity index (χ4v) is 4.07. The van der Waals surface area contributed by atoms with E-state index in [4.69, 9.17) is 0 Å². The monoisotopic (exact) mass is 394 g/mol. The van der Waals surface area contributed by atoms with Gasteiger partial charge in [-0.15, -0.1) is 11.3 Å². The van der Waals surface area contributed by atoms with E-state index in [1.165, 1.54) is 11.3 Å². The zero-order valence-corrected chi connectivity index (χ0v) is 15.1. The Balaban J connectivity index is 1.78. The minimum absolute atomic E-state index is 0.0452. The molecule has 1 amide bonds. The molecule has 1 saturated carbocycles. The standard InChI is InChI=1S/C18H17F3N4OS/c19-18(20,21)15-9-13(14-7-4-8-27-14)24-16-12(10-22-25(15)16)17(26)23-11-5-2-1-3-6-11/h4,7-11H,1-3,5-6H2,(H,23,26).